The Morgan fingerprint density at radius 2 is 2.09 bits per heavy atom. The largest absolute Gasteiger partial charge is 0.481 e. The number of aromatic nitrogens is 3. The summed E-state index contributed by atoms with van der Waals surface area (Å²) < 4.78 is 1.60. The summed E-state index contributed by atoms with van der Waals surface area (Å²) >= 11 is 5.83. The molecule has 0 saturated carbocycles. The summed E-state index contributed by atoms with van der Waals surface area (Å²) in [5, 5.41) is 13.9. The number of hydrogen-bond acceptors (Lipinski definition) is 4. The lowest BCUT2D eigenvalue weighted by Gasteiger charge is -2.10. The van der Waals surface area contributed by atoms with Gasteiger partial charge in [-0.15, -0.1) is 5.10 Å². The molecule has 0 spiro atoms. The number of halogens is 1. The molecule has 8 heteroatoms. The van der Waals surface area contributed by atoms with E-state index in [9.17, 15) is 9.59 Å². The number of hydrogen-bond donors (Lipinski definition) is 1. The van der Waals surface area contributed by atoms with E-state index in [1.165, 1.54) is 11.2 Å². The van der Waals surface area contributed by atoms with Crippen LogP contribution >= 0.6 is 11.6 Å². The molecule has 1 amide bonds. The molecular weight excluding hydrogens is 308 g/mol. The highest BCUT2D eigenvalue weighted by molar-refractivity contribution is 6.30. The molecule has 1 aromatic heterocycles. The topological polar surface area (TPSA) is 88.3 Å². The smallest absolute Gasteiger partial charge is 0.308 e. The molecule has 2 heterocycles. The first-order valence-electron chi connectivity index (χ1n) is 6.70. The van der Waals surface area contributed by atoms with Crippen LogP contribution in [0, 0.1) is 5.92 Å². The summed E-state index contributed by atoms with van der Waals surface area (Å²) in [5.74, 6) is -1.70. The highest BCUT2D eigenvalue weighted by Crippen LogP contribution is 2.22. The third kappa shape index (κ3) is 2.94. The molecule has 1 aliphatic heterocycles. The van der Waals surface area contributed by atoms with E-state index in [1.54, 1.807) is 16.8 Å². The monoisotopic (exact) mass is 320 g/mol. The van der Waals surface area contributed by atoms with E-state index >= 15 is 0 Å². The van der Waals surface area contributed by atoms with Gasteiger partial charge in [0.1, 0.15) is 6.33 Å². The number of aliphatic carboxylic acids is 1. The minimum absolute atomic E-state index is 0.0128. The number of carboxylic acids is 1. The standard InChI is InChI=1S/C14H13ClN4O3/c15-11-3-1-9(2-4-11)6-18-8-16-14(17-18)19-7-10(13(21)22)5-12(19)20/h1-4,8,10H,5-7H2,(H,21,22). The van der Waals surface area contributed by atoms with Gasteiger partial charge in [0.2, 0.25) is 5.91 Å². The summed E-state index contributed by atoms with van der Waals surface area (Å²) in [6.07, 6.45) is 1.51. The number of carboxylic acid groups (broad SMARTS) is 1. The van der Waals surface area contributed by atoms with Crippen molar-refractivity contribution in [3.8, 4) is 0 Å². The van der Waals surface area contributed by atoms with Crippen molar-refractivity contribution in [3.63, 3.8) is 0 Å². The van der Waals surface area contributed by atoms with Gasteiger partial charge in [-0.1, -0.05) is 23.7 Å². The molecule has 0 aliphatic carbocycles. The Labute approximate surface area is 131 Å². The maximum absolute atomic E-state index is 11.9. The number of carbonyl (C=O) groups is 2. The number of carbonyl (C=O) groups excluding carboxylic acids is 1. The summed E-state index contributed by atoms with van der Waals surface area (Å²) in [4.78, 5) is 28.2. The summed E-state index contributed by atoms with van der Waals surface area (Å²) in [5.41, 5.74) is 0.997. The Morgan fingerprint density at radius 3 is 2.73 bits per heavy atom. The molecule has 1 saturated heterocycles. The third-order valence-electron chi connectivity index (χ3n) is 3.50. The molecule has 0 bridgehead atoms. The number of benzene rings is 1. The minimum Gasteiger partial charge on any atom is -0.481 e. The lowest BCUT2D eigenvalue weighted by Crippen LogP contribution is -2.27. The van der Waals surface area contributed by atoms with Gasteiger partial charge in [0.05, 0.1) is 12.5 Å². The van der Waals surface area contributed by atoms with Crippen LogP contribution in [-0.4, -0.2) is 38.3 Å². The van der Waals surface area contributed by atoms with Gasteiger partial charge >= 0.3 is 5.97 Å². The fourth-order valence-corrected chi connectivity index (χ4v) is 2.45. The molecule has 0 radical (unpaired) electrons. The molecule has 1 unspecified atom stereocenters. The lowest BCUT2D eigenvalue weighted by atomic mass is 10.1. The molecular formula is C14H13ClN4O3. The fourth-order valence-electron chi connectivity index (χ4n) is 2.33. The van der Waals surface area contributed by atoms with Gasteiger partial charge in [-0.3, -0.25) is 14.5 Å². The van der Waals surface area contributed by atoms with Gasteiger partial charge in [-0.2, -0.15) is 0 Å². The van der Waals surface area contributed by atoms with E-state index in [0.717, 1.165) is 5.56 Å². The van der Waals surface area contributed by atoms with Crippen molar-refractivity contribution in [2.24, 2.45) is 5.92 Å². The fraction of sp³-hybridized carbons (Fsp3) is 0.286. The van der Waals surface area contributed by atoms with Gasteiger partial charge in [0, 0.05) is 18.0 Å². The van der Waals surface area contributed by atoms with Crippen LogP contribution in [0.3, 0.4) is 0 Å². The van der Waals surface area contributed by atoms with Crippen LogP contribution in [0.1, 0.15) is 12.0 Å². The average Bonchev–Trinajstić information content (AvgIpc) is 3.08. The quantitative estimate of drug-likeness (QED) is 0.920. The van der Waals surface area contributed by atoms with E-state index in [0.29, 0.717) is 11.6 Å². The van der Waals surface area contributed by atoms with Crippen molar-refractivity contribution in [1.82, 2.24) is 14.8 Å². The molecule has 7 nitrogen and oxygen atoms in total. The Morgan fingerprint density at radius 1 is 1.36 bits per heavy atom. The molecule has 114 valence electrons. The maximum atomic E-state index is 11.9. The highest BCUT2D eigenvalue weighted by Gasteiger charge is 2.36. The molecule has 1 aliphatic rings. The SMILES string of the molecule is O=C(O)C1CC(=O)N(c2ncn(Cc3ccc(Cl)cc3)n2)C1. The molecule has 1 aromatic carbocycles. The molecule has 1 atom stereocenters. The predicted octanol–water partition coefficient (Wildman–Crippen LogP) is 1.42. The summed E-state index contributed by atoms with van der Waals surface area (Å²) in [7, 11) is 0. The third-order valence-corrected chi connectivity index (χ3v) is 3.75. The number of anilines is 1. The zero-order chi connectivity index (χ0) is 15.7. The van der Waals surface area contributed by atoms with Crippen molar-refractivity contribution < 1.29 is 14.7 Å². The van der Waals surface area contributed by atoms with Gasteiger partial charge in [0.15, 0.2) is 0 Å². The number of rotatable bonds is 4. The molecule has 1 N–H and O–H groups in total. The predicted molar refractivity (Wildman–Crippen MR) is 78.7 cm³/mol. The summed E-state index contributed by atoms with van der Waals surface area (Å²) in [6.45, 7) is 0.605. The van der Waals surface area contributed by atoms with Crippen LogP contribution in [0.4, 0.5) is 5.95 Å². The highest BCUT2D eigenvalue weighted by atomic mass is 35.5. The van der Waals surface area contributed by atoms with Crippen LogP contribution in [0.2, 0.25) is 5.02 Å². The van der Waals surface area contributed by atoms with Gasteiger partial charge in [0.25, 0.3) is 5.95 Å². The van der Waals surface area contributed by atoms with Crippen molar-refractivity contribution in [2.45, 2.75) is 13.0 Å². The van der Waals surface area contributed by atoms with E-state index in [1.807, 2.05) is 12.1 Å². The number of amides is 1. The molecule has 2 aromatic rings. The second-order valence-corrected chi connectivity index (χ2v) is 5.55. The van der Waals surface area contributed by atoms with Crippen LogP contribution in [0.15, 0.2) is 30.6 Å². The Hall–Kier alpha value is -2.41. The second-order valence-electron chi connectivity index (χ2n) is 5.11. The zero-order valence-corrected chi connectivity index (χ0v) is 12.3. The Kier molecular flexibility index (Phi) is 3.81. The van der Waals surface area contributed by atoms with Crippen LogP contribution in [-0.2, 0) is 16.1 Å². The van der Waals surface area contributed by atoms with Crippen molar-refractivity contribution in [3.05, 3.63) is 41.2 Å². The van der Waals surface area contributed by atoms with Gasteiger partial charge in [-0.05, 0) is 17.7 Å². The van der Waals surface area contributed by atoms with E-state index in [2.05, 4.69) is 10.1 Å². The van der Waals surface area contributed by atoms with E-state index in [-0.39, 0.29) is 24.8 Å². The van der Waals surface area contributed by atoms with Gasteiger partial charge < -0.3 is 5.11 Å². The summed E-state index contributed by atoms with van der Waals surface area (Å²) in [6, 6.07) is 7.34. The van der Waals surface area contributed by atoms with Crippen molar-refractivity contribution >= 4 is 29.4 Å². The lowest BCUT2D eigenvalue weighted by molar-refractivity contribution is -0.141. The van der Waals surface area contributed by atoms with E-state index < -0.39 is 11.9 Å². The number of nitrogens with zero attached hydrogens (tertiary/aromatic N) is 4. The first-order valence-corrected chi connectivity index (χ1v) is 7.08. The Balaban J connectivity index is 1.72. The molecule has 3 rings (SSSR count). The average molecular weight is 321 g/mol. The van der Waals surface area contributed by atoms with Crippen LogP contribution in [0.25, 0.3) is 0 Å². The van der Waals surface area contributed by atoms with E-state index in [4.69, 9.17) is 16.7 Å². The van der Waals surface area contributed by atoms with Gasteiger partial charge in [-0.25, -0.2) is 9.67 Å². The Bertz CT molecular complexity index is 713. The first kappa shape index (κ1) is 14.5. The van der Waals surface area contributed by atoms with Crippen molar-refractivity contribution in [1.29, 1.82) is 0 Å². The normalized spacial score (nSPS) is 18.0. The van der Waals surface area contributed by atoms with Crippen LogP contribution < -0.4 is 4.90 Å². The second kappa shape index (κ2) is 5.76. The molecule has 22 heavy (non-hydrogen) atoms. The minimum atomic E-state index is -0.976. The molecule has 1 fully saturated rings. The van der Waals surface area contributed by atoms with Crippen molar-refractivity contribution in [2.75, 3.05) is 11.4 Å². The zero-order valence-electron chi connectivity index (χ0n) is 11.5. The van der Waals surface area contributed by atoms with Crippen LogP contribution in [0.5, 0.6) is 0 Å². The first-order chi connectivity index (χ1) is 10.5. The maximum Gasteiger partial charge on any atom is 0.308 e.